The lowest BCUT2D eigenvalue weighted by Gasteiger charge is -2.28. The van der Waals surface area contributed by atoms with Crippen LogP contribution in [0.3, 0.4) is 0 Å². The van der Waals surface area contributed by atoms with Gasteiger partial charge in [0.25, 0.3) is 0 Å². The molecule has 338 valence electrons. The minimum atomic E-state index is 0.599. The Morgan fingerprint density at radius 2 is 0.618 bits per heavy atom. The molecule has 0 saturated heterocycles. The summed E-state index contributed by atoms with van der Waals surface area (Å²) in [7, 11) is 1.70. The molecule has 2 heterocycles. The van der Waals surface area contributed by atoms with Crippen molar-refractivity contribution >= 4 is 99.5 Å². The largest absolute Gasteiger partial charge is 0.490 e. The van der Waals surface area contributed by atoms with E-state index in [1.165, 1.54) is 66.8 Å². The van der Waals surface area contributed by atoms with Crippen molar-refractivity contribution in [1.82, 2.24) is 0 Å². The molecule has 5 heteroatoms. The van der Waals surface area contributed by atoms with E-state index in [4.69, 9.17) is 13.6 Å². The van der Waals surface area contributed by atoms with Crippen LogP contribution >= 0.6 is 0 Å². The quantitative estimate of drug-likeness (QED) is 0.159. The zero-order valence-electron chi connectivity index (χ0n) is 41.6. The third kappa shape index (κ3) is 6.81. The lowest BCUT2D eigenvalue weighted by molar-refractivity contribution is 0.409. The topological polar surface area (TPSA) is 42.0 Å². The summed E-state index contributed by atoms with van der Waals surface area (Å²) in [6.07, 6.45) is 0. The number of furan rings is 2. The maximum Gasteiger partial charge on any atom is 0.205 e. The molecular formula is C63H58N2O3. The van der Waals surface area contributed by atoms with Crippen LogP contribution in [0.1, 0.15) is 66.8 Å². The normalized spacial score (nSPS) is 11.9. The summed E-state index contributed by atoms with van der Waals surface area (Å²) in [4.78, 5) is 4.78. The second-order valence-corrected chi connectivity index (χ2v) is 19.6. The zero-order chi connectivity index (χ0) is 47.6. The first-order valence-electron chi connectivity index (χ1n) is 23.8. The number of nitrogens with zero attached hydrogens (tertiary/aromatic N) is 2. The molecule has 0 atom stereocenters. The molecule has 0 saturated carbocycles. The predicted molar refractivity (Wildman–Crippen MR) is 289 cm³/mol. The number of hydrogen-bond donors (Lipinski definition) is 0. The summed E-state index contributed by atoms with van der Waals surface area (Å²) >= 11 is 0. The van der Waals surface area contributed by atoms with Crippen molar-refractivity contribution in [1.29, 1.82) is 0 Å². The summed E-state index contributed by atoms with van der Waals surface area (Å²) in [6, 6.07) is 43.1. The molecule has 0 aliphatic heterocycles. The van der Waals surface area contributed by atoms with Gasteiger partial charge in [-0.2, -0.15) is 0 Å². The highest BCUT2D eigenvalue weighted by atomic mass is 16.5. The number of ether oxygens (including phenoxy) is 1. The Balaban J connectivity index is 1.04. The molecule has 0 spiro atoms. The molecule has 0 fully saturated rings. The van der Waals surface area contributed by atoms with Gasteiger partial charge in [-0.3, -0.25) is 0 Å². The van der Waals surface area contributed by atoms with E-state index in [0.29, 0.717) is 16.9 Å². The van der Waals surface area contributed by atoms with E-state index in [9.17, 15) is 0 Å². The minimum absolute atomic E-state index is 0.599. The van der Waals surface area contributed by atoms with Gasteiger partial charge in [0.05, 0.1) is 7.11 Å². The maximum absolute atomic E-state index is 6.79. The molecule has 11 aromatic rings. The summed E-state index contributed by atoms with van der Waals surface area (Å²) in [5.74, 6) is 0.599. The first-order chi connectivity index (χ1) is 32.6. The number of benzene rings is 9. The summed E-state index contributed by atoms with van der Waals surface area (Å²) in [5, 5.41) is 8.52. The Bertz CT molecular complexity index is 3480. The van der Waals surface area contributed by atoms with Crippen molar-refractivity contribution < 1.29 is 13.6 Å². The third-order valence-corrected chi connectivity index (χ3v) is 15.4. The molecule has 11 rings (SSSR count). The highest BCUT2D eigenvalue weighted by molar-refractivity contribution is 6.21. The SMILES string of the molecule is COc1c2oc3cc4cc(N(c5cc(C)c(C)c(C)c5)c5cc(C)c(C)c(C)c5)ccc4cc3c2cc2c1oc1cc3cc(N(c4cc(C)c(C)c(C)c4)c4cc(C)c(C)c(C)c4)ccc3cc12. The molecule has 0 aliphatic rings. The van der Waals surface area contributed by atoms with Crippen LogP contribution < -0.4 is 14.5 Å². The molecule has 0 unspecified atom stereocenters. The van der Waals surface area contributed by atoms with Crippen LogP contribution in [0.4, 0.5) is 34.1 Å². The molecule has 2 aromatic heterocycles. The van der Waals surface area contributed by atoms with Crippen molar-refractivity contribution in [2.75, 3.05) is 16.9 Å². The van der Waals surface area contributed by atoms with Gasteiger partial charge in [0, 0.05) is 55.7 Å². The number of anilines is 6. The van der Waals surface area contributed by atoms with Gasteiger partial charge in [-0.05, 0) is 275 Å². The Hall–Kier alpha value is -7.50. The van der Waals surface area contributed by atoms with Crippen LogP contribution in [-0.2, 0) is 0 Å². The summed E-state index contributed by atoms with van der Waals surface area (Å²) in [5.41, 5.74) is 25.2. The fourth-order valence-corrected chi connectivity index (χ4v) is 10.5. The Morgan fingerprint density at radius 1 is 0.309 bits per heavy atom. The van der Waals surface area contributed by atoms with Crippen molar-refractivity contribution in [3.05, 3.63) is 182 Å². The van der Waals surface area contributed by atoms with Crippen molar-refractivity contribution in [2.45, 2.75) is 83.1 Å². The Labute approximate surface area is 399 Å². The lowest BCUT2D eigenvalue weighted by atomic mass is 9.99. The molecule has 0 amide bonds. The zero-order valence-corrected chi connectivity index (χ0v) is 41.6. The van der Waals surface area contributed by atoms with Crippen molar-refractivity contribution in [3.8, 4) is 5.75 Å². The Morgan fingerprint density at radius 3 is 0.912 bits per heavy atom. The van der Waals surface area contributed by atoms with Crippen LogP contribution in [0.5, 0.6) is 5.75 Å². The van der Waals surface area contributed by atoms with Crippen LogP contribution in [0.15, 0.2) is 124 Å². The first-order valence-corrected chi connectivity index (χ1v) is 23.8. The molecule has 0 radical (unpaired) electrons. The third-order valence-electron chi connectivity index (χ3n) is 15.4. The highest BCUT2D eigenvalue weighted by Crippen LogP contribution is 2.47. The number of aryl methyl sites for hydroxylation is 8. The Kier molecular flexibility index (Phi) is 10.0. The minimum Gasteiger partial charge on any atom is -0.490 e. The molecule has 0 bridgehead atoms. The van der Waals surface area contributed by atoms with Crippen LogP contribution in [0.2, 0.25) is 0 Å². The summed E-state index contributed by atoms with van der Waals surface area (Å²) in [6.45, 7) is 26.4. The second kappa shape index (κ2) is 15.8. The molecule has 0 N–H and O–H groups in total. The van der Waals surface area contributed by atoms with E-state index in [1.807, 2.05) is 0 Å². The van der Waals surface area contributed by atoms with Crippen LogP contribution in [-0.4, -0.2) is 7.11 Å². The van der Waals surface area contributed by atoms with E-state index >= 15 is 0 Å². The van der Waals surface area contributed by atoms with Gasteiger partial charge in [-0.25, -0.2) is 0 Å². The molecule has 0 aliphatic carbocycles. The van der Waals surface area contributed by atoms with Gasteiger partial charge in [-0.15, -0.1) is 0 Å². The monoisotopic (exact) mass is 890 g/mol. The average Bonchev–Trinajstić information content (AvgIpc) is 3.85. The number of hydrogen-bond acceptors (Lipinski definition) is 5. The molecule has 5 nitrogen and oxygen atoms in total. The number of methoxy groups -OCH3 is 1. The lowest BCUT2D eigenvalue weighted by Crippen LogP contribution is -2.12. The summed E-state index contributed by atoms with van der Waals surface area (Å²) < 4.78 is 19.8. The van der Waals surface area contributed by atoms with Crippen molar-refractivity contribution in [2.24, 2.45) is 0 Å². The number of fused-ring (bicyclic) bond motifs is 8. The van der Waals surface area contributed by atoms with Gasteiger partial charge in [0.1, 0.15) is 11.2 Å². The predicted octanol–water partition coefficient (Wildman–Crippen LogP) is 18.4. The molecule has 68 heavy (non-hydrogen) atoms. The van der Waals surface area contributed by atoms with Gasteiger partial charge in [0.2, 0.25) is 5.75 Å². The second-order valence-electron chi connectivity index (χ2n) is 19.6. The molecular weight excluding hydrogens is 833 g/mol. The van der Waals surface area contributed by atoms with E-state index in [1.54, 1.807) is 7.11 Å². The molecule has 9 aromatic carbocycles. The van der Waals surface area contributed by atoms with Gasteiger partial charge in [0.15, 0.2) is 11.2 Å². The first kappa shape index (κ1) is 43.1. The van der Waals surface area contributed by atoms with Gasteiger partial charge < -0.3 is 23.4 Å². The fourth-order valence-electron chi connectivity index (χ4n) is 10.5. The highest BCUT2D eigenvalue weighted by Gasteiger charge is 2.24. The standard InChI is InChI=1S/C63H58N2O3/c1-33-18-51(19-34(2)41(33)9)64(52-20-35(3)42(10)36(4)21-52)49-16-14-45-28-55-57-32-58-56-29-46-15-17-50(65(53-22-37(5)43(11)38(6)23-53)54-24-39(7)44(12)40(8)25-54)27-48(46)31-60(56)68-62(58)63(66-13)61(57)67-59(55)30-47(45)26-49/h14-32H,1-13H3. The van der Waals surface area contributed by atoms with E-state index in [2.05, 4.69) is 208 Å². The fraction of sp³-hybridized carbons (Fsp3) is 0.206. The van der Waals surface area contributed by atoms with Crippen LogP contribution in [0, 0.1) is 83.1 Å². The van der Waals surface area contributed by atoms with Gasteiger partial charge in [-0.1, -0.05) is 12.1 Å². The van der Waals surface area contributed by atoms with E-state index < -0.39 is 0 Å². The smallest absolute Gasteiger partial charge is 0.205 e. The van der Waals surface area contributed by atoms with Gasteiger partial charge >= 0.3 is 0 Å². The van der Waals surface area contributed by atoms with Crippen molar-refractivity contribution in [3.63, 3.8) is 0 Å². The average molecular weight is 891 g/mol. The van der Waals surface area contributed by atoms with E-state index in [-0.39, 0.29) is 0 Å². The van der Waals surface area contributed by atoms with E-state index in [0.717, 1.165) is 88.4 Å². The van der Waals surface area contributed by atoms with Crippen LogP contribution in [0.25, 0.3) is 65.4 Å². The number of rotatable bonds is 7. The maximum atomic E-state index is 6.79.